The van der Waals surface area contributed by atoms with E-state index in [0.717, 1.165) is 43.5 Å². The van der Waals surface area contributed by atoms with E-state index >= 15 is 0 Å². The van der Waals surface area contributed by atoms with E-state index < -0.39 is 0 Å². The summed E-state index contributed by atoms with van der Waals surface area (Å²) in [4.78, 5) is 7.20. The number of benzene rings is 1. The Morgan fingerprint density at radius 3 is 2.83 bits per heavy atom. The minimum absolute atomic E-state index is 0.796. The van der Waals surface area contributed by atoms with Crippen LogP contribution in [0.25, 0.3) is 0 Å². The summed E-state index contributed by atoms with van der Waals surface area (Å²) >= 11 is 6.01. The third-order valence-electron chi connectivity index (χ3n) is 4.04. The zero-order chi connectivity index (χ0) is 16.3. The zero-order valence-corrected chi connectivity index (χ0v) is 14.9. The van der Waals surface area contributed by atoms with E-state index in [1.54, 1.807) is 0 Å². The first kappa shape index (κ1) is 18.1. The van der Waals surface area contributed by atoms with Crippen LogP contribution < -0.4 is 10.6 Å². The van der Waals surface area contributed by atoms with Gasteiger partial charge >= 0.3 is 0 Å². The second-order valence-corrected chi connectivity index (χ2v) is 6.41. The molecule has 5 heteroatoms. The lowest BCUT2D eigenvalue weighted by atomic mass is 10.1. The quantitative estimate of drug-likeness (QED) is 0.435. The van der Waals surface area contributed by atoms with Crippen molar-refractivity contribution in [3.8, 4) is 0 Å². The monoisotopic (exact) mass is 336 g/mol. The van der Waals surface area contributed by atoms with Gasteiger partial charge < -0.3 is 15.5 Å². The molecule has 1 aromatic rings. The minimum atomic E-state index is 0.796. The number of hydrogen-bond acceptors (Lipinski definition) is 2. The first-order valence-electron chi connectivity index (χ1n) is 8.77. The molecule has 1 fully saturated rings. The molecule has 23 heavy (non-hydrogen) atoms. The molecule has 0 atom stereocenters. The Labute approximate surface area is 145 Å². The van der Waals surface area contributed by atoms with Gasteiger partial charge in [-0.15, -0.1) is 0 Å². The van der Waals surface area contributed by atoms with E-state index in [4.69, 9.17) is 11.6 Å². The number of nitrogens with one attached hydrogen (secondary N) is 2. The van der Waals surface area contributed by atoms with Crippen molar-refractivity contribution in [1.29, 1.82) is 0 Å². The highest BCUT2D eigenvalue weighted by atomic mass is 35.5. The predicted octanol–water partition coefficient (Wildman–Crippen LogP) is 2.92. The van der Waals surface area contributed by atoms with Crippen molar-refractivity contribution in [3.05, 3.63) is 34.9 Å². The van der Waals surface area contributed by atoms with Crippen LogP contribution in [0.3, 0.4) is 0 Å². The highest BCUT2D eigenvalue weighted by molar-refractivity contribution is 6.30. The van der Waals surface area contributed by atoms with Gasteiger partial charge in [-0.25, -0.2) is 0 Å². The Bertz CT molecular complexity index is 484. The van der Waals surface area contributed by atoms with Crippen molar-refractivity contribution < 1.29 is 0 Å². The van der Waals surface area contributed by atoms with Gasteiger partial charge in [-0.05, 0) is 69.9 Å². The highest BCUT2D eigenvalue weighted by Gasteiger charge is 2.09. The van der Waals surface area contributed by atoms with Gasteiger partial charge in [0, 0.05) is 24.7 Å². The van der Waals surface area contributed by atoms with Crippen LogP contribution in [-0.4, -0.2) is 50.1 Å². The lowest BCUT2D eigenvalue weighted by Gasteiger charge is -2.14. The maximum absolute atomic E-state index is 6.01. The second kappa shape index (κ2) is 10.5. The van der Waals surface area contributed by atoms with Crippen molar-refractivity contribution in [2.75, 3.05) is 39.3 Å². The van der Waals surface area contributed by atoms with Crippen molar-refractivity contribution in [3.63, 3.8) is 0 Å². The largest absolute Gasteiger partial charge is 0.357 e. The molecule has 0 unspecified atom stereocenters. The van der Waals surface area contributed by atoms with Crippen molar-refractivity contribution in [1.82, 2.24) is 15.5 Å². The Balaban J connectivity index is 1.68. The molecule has 0 spiro atoms. The van der Waals surface area contributed by atoms with E-state index in [-0.39, 0.29) is 0 Å². The van der Waals surface area contributed by atoms with Crippen molar-refractivity contribution >= 4 is 17.6 Å². The van der Waals surface area contributed by atoms with Gasteiger partial charge in [0.1, 0.15) is 0 Å². The van der Waals surface area contributed by atoms with Gasteiger partial charge in [-0.3, -0.25) is 4.99 Å². The van der Waals surface area contributed by atoms with E-state index in [9.17, 15) is 0 Å². The van der Waals surface area contributed by atoms with Gasteiger partial charge in [-0.2, -0.15) is 0 Å². The van der Waals surface area contributed by atoms with Gasteiger partial charge in [0.15, 0.2) is 5.96 Å². The number of hydrogen-bond donors (Lipinski definition) is 2. The molecule has 0 aliphatic carbocycles. The SMILES string of the molecule is CCNC(=NCCCN1CCCC1)NCCc1cccc(Cl)c1. The summed E-state index contributed by atoms with van der Waals surface area (Å²) < 4.78 is 0. The predicted molar refractivity (Wildman–Crippen MR) is 99.4 cm³/mol. The van der Waals surface area contributed by atoms with Crippen LogP contribution in [0.15, 0.2) is 29.3 Å². The molecular weight excluding hydrogens is 308 g/mol. The van der Waals surface area contributed by atoms with E-state index in [1.807, 2.05) is 18.2 Å². The maximum Gasteiger partial charge on any atom is 0.191 e. The topological polar surface area (TPSA) is 39.7 Å². The molecule has 0 amide bonds. The Morgan fingerprint density at radius 1 is 1.26 bits per heavy atom. The van der Waals surface area contributed by atoms with Crippen molar-refractivity contribution in [2.45, 2.75) is 32.6 Å². The van der Waals surface area contributed by atoms with Gasteiger partial charge in [0.05, 0.1) is 0 Å². The molecule has 0 aromatic heterocycles. The number of halogens is 1. The molecule has 128 valence electrons. The summed E-state index contributed by atoms with van der Waals surface area (Å²) in [6.07, 6.45) is 4.79. The molecular formula is C18H29ClN4. The molecule has 4 nitrogen and oxygen atoms in total. The van der Waals surface area contributed by atoms with Crippen LogP contribution in [0.5, 0.6) is 0 Å². The Kier molecular flexibility index (Phi) is 8.26. The molecule has 1 aliphatic heterocycles. The second-order valence-electron chi connectivity index (χ2n) is 5.97. The lowest BCUT2D eigenvalue weighted by molar-refractivity contribution is 0.336. The van der Waals surface area contributed by atoms with E-state index in [2.05, 4.69) is 33.5 Å². The molecule has 2 N–H and O–H groups in total. The Morgan fingerprint density at radius 2 is 2.09 bits per heavy atom. The van der Waals surface area contributed by atoms with Gasteiger partial charge in [-0.1, -0.05) is 23.7 Å². The summed E-state index contributed by atoms with van der Waals surface area (Å²) in [5, 5.41) is 7.50. The molecule has 1 heterocycles. The first-order valence-corrected chi connectivity index (χ1v) is 9.14. The van der Waals surface area contributed by atoms with Crippen LogP contribution in [0.2, 0.25) is 5.02 Å². The molecule has 2 rings (SSSR count). The van der Waals surface area contributed by atoms with Crippen LogP contribution in [0, 0.1) is 0 Å². The number of rotatable bonds is 8. The summed E-state index contributed by atoms with van der Waals surface area (Å²) in [6.45, 7) is 8.42. The number of nitrogens with zero attached hydrogens (tertiary/aromatic N) is 2. The van der Waals surface area contributed by atoms with E-state index in [0.29, 0.717) is 0 Å². The number of guanidine groups is 1. The summed E-state index contributed by atoms with van der Waals surface area (Å²) in [6, 6.07) is 8.02. The third-order valence-corrected chi connectivity index (χ3v) is 4.28. The molecule has 1 aliphatic rings. The first-order chi connectivity index (χ1) is 11.3. The molecule has 0 bridgehead atoms. The maximum atomic E-state index is 6.01. The van der Waals surface area contributed by atoms with E-state index in [1.165, 1.54) is 38.0 Å². The average Bonchev–Trinajstić information content (AvgIpc) is 3.05. The Hall–Kier alpha value is -1.26. The summed E-state index contributed by atoms with van der Waals surface area (Å²) in [5.74, 6) is 0.913. The molecule has 1 saturated heterocycles. The molecule has 0 radical (unpaired) electrons. The van der Waals surface area contributed by atoms with Crippen LogP contribution in [-0.2, 0) is 6.42 Å². The van der Waals surface area contributed by atoms with Crippen LogP contribution in [0.4, 0.5) is 0 Å². The van der Waals surface area contributed by atoms with Crippen molar-refractivity contribution in [2.24, 2.45) is 4.99 Å². The number of likely N-dealkylation sites (tertiary alicyclic amines) is 1. The molecule has 1 aromatic carbocycles. The minimum Gasteiger partial charge on any atom is -0.357 e. The standard InChI is InChI=1S/C18H29ClN4/c1-2-20-18(21-10-6-14-23-12-3-4-13-23)22-11-9-16-7-5-8-17(19)15-16/h5,7-8,15H,2-4,6,9-14H2,1H3,(H2,20,21,22). The lowest BCUT2D eigenvalue weighted by Crippen LogP contribution is -2.38. The fraction of sp³-hybridized carbons (Fsp3) is 0.611. The smallest absolute Gasteiger partial charge is 0.191 e. The summed E-state index contributed by atoms with van der Waals surface area (Å²) in [5.41, 5.74) is 1.25. The zero-order valence-electron chi connectivity index (χ0n) is 14.2. The normalized spacial score (nSPS) is 15.8. The van der Waals surface area contributed by atoms with Gasteiger partial charge in [0.2, 0.25) is 0 Å². The molecule has 0 saturated carbocycles. The fourth-order valence-electron chi connectivity index (χ4n) is 2.85. The average molecular weight is 337 g/mol. The van der Waals surface area contributed by atoms with Crippen LogP contribution in [0.1, 0.15) is 31.7 Å². The fourth-order valence-corrected chi connectivity index (χ4v) is 3.06. The van der Waals surface area contributed by atoms with Gasteiger partial charge in [0.25, 0.3) is 0 Å². The highest BCUT2D eigenvalue weighted by Crippen LogP contribution is 2.10. The third kappa shape index (κ3) is 7.23. The number of aliphatic imine (C=N–C) groups is 1. The summed E-state index contributed by atoms with van der Waals surface area (Å²) in [7, 11) is 0. The van der Waals surface area contributed by atoms with Crippen LogP contribution >= 0.6 is 11.6 Å².